The van der Waals surface area contributed by atoms with E-state index in [9.17, 15) is 4.79 Å². The standard InChI is InChI=1S/C15H17N3O/c19-15(13-7-1-2-9-16-13)18-12-8-3-5-11-6-4-10-17-14(11)12/h3-6,8,10,13,16H,1-2,7,9H2,(H,18,19)/t13-/m1/s1. The molecule has 2 aromatic rings. The molecular weight excluding hydrogens is 238 g/mol. The average molecular weight is 255 g/mol. The number of carbonyl (C=O) groups excluding carboxylic acids is 1. The maximum Gasteiger partial charge on any atom is 0.241 e. The van der Waals surface area contributed by atoms with Gasteiger partial charge in [-0.15, -0.1) is 0 Å². The van der Waals surface area contributed by atoms with Gasteiger partial charge in [-0.2, -0.15) is 0 Å². The van der Waals surface area contributed by atoms with Gasteiger partial charge in [-0.25, -0.2) is 0 Å². The zero-order chi connectivity index (χ0) is 13.1. The monoisotopic (exact) mass is 255 g/mol. The van der Waals surface area contributed by atoms with Crippen molar-refractivity contribution in [2.45, 2.75) is 25.3 Å². The van der Waals surface area contributed by atoms with Gasteiger partial charge in [0.1, 0.15) is 0 Å². The van der Waals surface area contributed by atoms with Crippen LogP contribution in [-0.4, -0.2) is 23.5 Å². The Hall–Kier alpha value is -1.94. The summed E-state index contributed by atoms with van der Waals surface area (Å²) in [6.07, 6.45) is 4.92. The van der Waals surface area contributed by atoms with Gasteiger partial charge < -0.3 is 10.6 Å². The van der Waals surface area contributed by atoms with Crippen LogP contribution in [0.4, 0.5) is 5.69 Å². The van der Waals surface area contributed by atoms with E-state index in [1.165, 1.54) is 0 Å². The highest BCUT2D eigenvalue weighted by atomic mass is 16.2. The van der Waals surface area contributed by atoms with E-state index in [0.717, 1.165) is 42.4 Å². The van der Waals surface area contributed by atoms with Gasteiger partial charge in [-0.3, -0.25) is 9.78 Å². The lowest BCUT2D eigenvalue weighted by Gasteiger charge is -2.22. The molecule has 98 valence electrons. The van der Waals surface area contributed by atoms with Gasteiger partial charge in [0.05, 0.1) is 17.2 Å². The summed E-state index contributed by atoms with van der Waals surface area (Å²) < 4.78 is 0. The lowest BCUT2D eigenvalue weighted by atomic mass is 10.0. The highest BCUT2D eigenvalue weighted by molar-refractivity contribution is 6.02. The third-order valence-corrected chi connectivity index (χ3v) is 3.52. The van der Waals surface area contributed by atoms with Crippen LogP contribution in [-0.2, 0) is 4.79 Å². The minimum absolute atomic E-state index is 0.0397. The number of pyridine rings is 1. The number of nitrogens with one attached hydrogen (secondary N) is 2. The van der Waals surface area contributed by atoms with E-state index < -0.39 is 0 Å². The van der Waals surface area contributed by atoms with Gasteiger partial charge in [0.15, 0.2) is 0 Å². The second-order valence-corrected chi connectivity index (χ2v) is 4.87. The highest BCUT2D eigenvalue weighted by Crippen LogP contribution is 2.21. The molecule has 1 atom stereocenters. The van der Waals surface area contributed by atoms with Crippen LogP contribution in [0, 0.1) is 0 Å². The molecule has 1 aliphatic rings. The van der Waals surface area contributed by atoms with Crippen molar-refractivity contribution in [3.05, 3.63) is 36.5 Å². The van der Waals surface area contributed by atoms with E-state index in [1.807, 2.05) is 30.3 Å². The maximum absolute atomic E-state index is 12.2. The SMILES string of the molecule is O=C(Nc1cccc2cccnc12)[C@H]1CCCCN1. The number of hydrogen-bond donors (Lipinski definition) is 2. The maximum atomic E-state index is 12.2. The number of para-hydroxylation sites is 1. The normalized spacial score (nSPS) is 19.3. The third-order valence-electron chi connectivity index (χ3n) is 3.52. The number of amides is 1. The number of anilines is 1. The number of nitrogens with zero attached hydrogens (tertiary/aromatic N) is 1. The Morgan fingerprint density at radius 2 is 2.16 bits per heavy atom. The Kier molecular flexibility index (Phi) is 3.42. The van der Waals surface area contributed by atoms with E-state index in [4.69, 9.17) is 0 Å². The number of hydrogen-bond acceptors (Lipinski definition) is 3. The minimum Gasteiger partial charge on any atom is -0.323 e. The molecule has 0 spiro atoms. The number of benzene rings is 1. The van der Waals surface area contributed by atoms with Crippen molar-refractivity contribution in [1.29, 1.82) is 0 Å². The Morgan fingerprint density at radius 1 is 1.26 bits per heavy atom. The van der Waals surface area contributed by atoms with Crippen molar-refractivity contribution < 1.29 is 4.79 Å². The molecule has 4 heteroatoms. The first-order valence-electron chi connectivity index (χ1n) is 6.72. The largest absolute Gasteiger partial charge is 0.323 e. The molecule has 4 nitrogen and oxygen atoms in total. The van der Waals surface area contributed by atoms with Crippen LogP contribution in [0.5, 0.6) is 0 Å². The zero-order valence-electron chi connectivity index (χ0n) is 10.7. The van der Waals surface area contributed by atoms with Crippen molar-refractivity contribution in [1.82, 2.24) is 10.3 Å². The quantitative estimate of drug-likeness (QED) is 0.866. The number of piperidine rings is 1. The predicted molar refractivity (Wildman–Crippen MR) is 76.0 cm³/mol. The van der Waals surface area contributed by atoms with Gasteiger partial charge in [-0.05, 0) is 31.5 Å². The molecule has 19 heavy (non-hydrogen) atoms. The smallest absolute Gasteiger partial charge is 0.241 e. The summed E-state index contributed by atoms with van der Waals surface area (Å²) in [5, 5.41) is 7.28. The van der Waals surface area contributed by atoms with Crippen molar-refractivity contribution in [3.8, 4) is 0 Å². The fourth-order valence-corrected chi connectivity index (χ4v) is 2.50. The fraction of sp³-hybridized carbons (Fsp3) is 0.333. The molecule has 1 aromatic carbocycles. The van der Waals surface area contributed by atoms with E-state index in [2.05, 4.69) is 15.6 Å². The van der Waals surface area contributed by atoms with Gasteiger partial charge in [0, 0.05) is 11.6 Å². The Morgan fingerprint density at radius 3 is 3.00 bits per heavy atom. The number of rotatable bonds is 2. The molecule has 1 saturated heterocycles. The van der Waals surface area contributed by atoms with E-state index in [1.54, 1.807) is 6.20 Å². The first kappa shape index (κ1) is 12.1. The first-order chi connectivity index (χ1) is 9.34. The predicted octanol–water partition coefficient (Wildman–Crippen LogP) is 2.32. The molecule has 1 fully saturated rings. The molecule has 2 N–H and O–H groups in total. The van der Waals surface area contributed by atoms with Crippen molar-refractivity contribution in [2.24, 2.45) is 0 Å². The molecule has 0 aliphatic carbocycles. The van der Waals surface area contributed by atoms with E-state index in [0.29, 0.717) is 0 Å². The molecule has 0 saturated carbocycles. The lowest BCUT2D eigenvalue weighted by Crippen LogP contribution is -2.43. The molecule has 0 radical (unpaired) electrons. The summed E-state index contributed by atoms with van der Waals surface area (Å²) in [6.45, 7) is 0.922. The van der Waals surface area contributed by atoms with Crippen LogP contribution in [0.1, 0.15) is 19.3 Å². The summed E-state index contributed by atoms with van der Waals surface area (Å²) in [6, 6.07) is 9.65. The zero-order valence-corrected chi connectivity index (χ0v) is 10.7. The topological polar surface area (TPSA) is 54.0 Å². The molecule has 3 rings (SSSR count). The van der Waals surface area contributed by atoms with Gasteiger partial charge in [0.2, 0.25) is 5.91 Å². The van der Waals surface area contributed by atoms with Crippen LogP contribution < -0.4 is 10.6 Å². The van der Waals surface area contributed by atoms with Gasteiger partial charge >= 0.3 is 0 Å². The van der Waals surface area contributed by atoms with Gasteiger partial charge in [0.25, 0.3) is 0 Å². The molecule has 1 aliphatic heterocycles. The van der Waals surface area contributed by atoms with E-state index >= 15 is 0 Å². The number of carbonyl (C=O) groups is 1. The Bertz CT molecular complexity index is 585. The summed E-state index contributed by atoms with van der Waals surface area (Å²) in [5.41, 5.74) is 1.63. The van der Waals surface area contributed by atoms with Crippen molar-refractivity contribution in [3.63, 3.8) is 0 Å². The molecule has 1 amide bonds. The first-order valence-corrected chi connectivity index (χ1v) is 6.72. The van der Waals surface area contributed by atoms with Crippen LogP contribution in [0.3, 0.4) is 0 Å². The van der Waals surface area contributed by atoms with Gasteiger partial charge in [-0.1, -0.05) is 24.6 Å². The van der Waals surface area contributed by atoms with E-state index in [-0.39, 0.29) is 11.9 Å². The summed E-state index contributed by atoms with van der Waals surface area (Å²) in [7, 11) is 0. The second kappa shape index (κ2) is 5.36. The van der Waals surface area contributed by atoms with Crippen molar-refractivity contribution in [2.75, 3.05) is 11.9 Å². The minimum atomic E-state index is -0.0762. The van der Waals surface area contributed by atoms with Crippen LogP contribution in [0.15, 0.2) is 36.5 Å². The average Bonchev–Trinajstić information content (AvgIpc) is 2.48. The van der Waals surface area contributed by atoms with Crippen LogP contribution >= 0.6 is 0 Å². The van der Waals surface area contributed by atoms with Crippen LogP contribution in [0.2, 0.25) is 0 Å². The van der Waals surface area contributed by atoms with Crippen molar-refractivity contribution >= 4 is 22.5 Å². The molecular formula is C15H17N3O. The number of aromatic nitrogens is 1. The molecule has 0 unspecified atom stereocenters. The Labute approximate surface area is 112 Å². The summed E-state index contributed by atoms with van der Waals surface area (Å²) in [5.74, 6) is 0.0397. The summed E-state index contributed by atoms with van der Waals surface area (Å²) in [4.78, 5) is 16.6. The molecule has 1 aromatic heterocycles. The summed E-state index contributed by atoms with van der Waals surface area (Å²) >= 11 is 0. The lowest BCUT2D eigenvalue weighted by molar-refractivity contribution is -0.118. The fourth-order valence-electron chi connectivity index (χ4n) is 2.50. The highest BCUT2D eigenvalue weighted by Gasteiger charge is 2.20. The van der Waals surface area contributed by atoms with Crippen LogP contribution in [0.25, 0.3) is 10.9 Å². The molecule has 2 heterocycles. The third kappa shape index (κ3) is 2.58. The second-order valence-electron chi connectivity index (χ2n) is 4.87. The Balaban J connectivity index is 1.82. The number of fused-ring (bicyclic) bond motifs is 1. The molecule has 0 bridgehead atoms.